The third-order valence-corrected chi connectivity index (χ3v) is 4.06. The highest BCUT2D eigenvalue weighted by Gasteiger charge is 2.30. The molecule has 0 bridgehead atoms. The number of hydrogen-bond donors (Lipinski definition) is 1. The zero-order valence-corrected chi connectivity index (χ0v) is 11.9. The van der Waals surface area contributed by atoms with Crippen LogP contribution in [-0.4, -0.2) is 16.8 Å². The molecule has 0 saturated heterocycles. The molecule has 0 aromatic heterocycles. The first-order chi connectivity index (χ1) is 10.5. The van der Waals surface area contributed by atoms with Crippen LogP contribution < -0.4 is 5.73 Å². The normalized spacial score (nSPS) is 18.0. The Morgan fingerprint density at radius 2 is 1.91 bits per heavy atom. The standard InChI is InChI=1S/C17H16F2N2O/c18-14-5-6-15(19)13(7-14)10-21-9-12-4-2-1-3-11(12)8-16(21)17(20)22/h1-7,16H,8-10H2,(H2,20,22)/t16-/m0/s1. The molecule has 0 spiro atoms. The molecule has 3 rings (SSSR count). The molecule has 1 aliphatic heterocycles. The maximum atomic E-state index is 13.8. The molecule has 0 saturated carbocycles. The fourth-order valence-electron chi connectivity index (χ4n) is 2.91. The molecule has 0 aliphatic carbocycles. The van der Waals surface area contributed by atoms with Gasteiger partial charge < -0.3 is 5.73 Å². The molecular formula is C17H16F2N2O. The van der Waals surface area contributed by atoms with Crippen LogP contribution in [0.1, 0.15) is 16.7 Å². The van der Waals surface area contributed by atoms with Gasteiger partial charge in [-0.2, -0.15) is 0 Å². The van der Waals surface area contributed by atoms with Crippen molar-refractivity contribution in [2.24, 2.45) is 5.73 Å². The lowest BCUT2D eigenvalue weighted by atomic mass is 9.93. The Bertz CT molecular complexity index is 718. The number of benzene rings is 2. The van der Waals surface area contributed by atoms with Gasteiger partial charge in [0.1, 0.15) is 11.6 Å². The predicted molar refractivity (Wildman–Crippen MR) is 78.7 cm³/mol. The van der Waals surface area contributed by atoms with Crippen molar-refractivity contribution in [3.8, 4) is 0 Å². The second-order valence-electron chi connectivity index (χ2n) is 5.53. The Morgan fingerprint density at radius 1 is 1.18 bits per heavy atom. The molecule has 22 heavy (non-hydrogen) atoms. The number of hydrogen-bond acceptors (Lipinski definition) is 2. The second-order valence-corrected chi connectivity index (χ2v) is 5.53. The molecule has 2 aromatic carbocycles. The number of carbonyl (C=O) groups is 1. The highest BCUT2D eigenvalue weighted by Crippen LogP contribution is 2.25. The topological polar surface area (TPSA) is 46.3 Å². The molecule has 2 aromatic rings. The third-order valence-electron chi connectivity index (χ3n) is 4.06. The molecule has 3 nitrogen and oxygen atoms in total. The summed E-state index contributed by atoms with van der Waals surface area (Å²) in [6.07, 6.45) is 0.489. The van der Waals surface area contributed by atoms with Crippen LogP contribution in [0.2, 0.25) is 0 Å². The van der Waals surface area contributed by atoms with E-state index in [0.717, 1.165) is 29.3 Å². The largest absolute Gasteiger partial charge is 0.368 e. The maximum absolute atomic E-state index is 13.8. The van der Waals surface area contributed by atoms with Gasteiger partial charge in [0.05, 0.1) is 6.04 Å². The number of fused-ring (bicyclic) bond motifs is 1. The molecule has 1 amide bonds. The predicted octanol–water partition coefficient (Wildman–Crippen LogP) is 2.38. The Labute approximate surface area is 127 Å². The Hall–Kier alpha value is -2.27. The van der Waals surface area contributed by atoms with Crippen molar-refractivity contribution in [1.82, 2.24) is 4.90 Å². The second kappa shape index (κ2) is 5.85. The van der Waals surface area contributed by atoms with Crippen LogP contribution in [0.3, 0.4) is 0 Å². The number of nitrogens with zero attached hydrogens (tertiary/aromatic N) is 1. The summed E-state index contributed by atoms with van der Waals surface area (Å²) in [5.74, 6) is -1.43. The van der Waals surface area contributed by atoms with Crippen LogP contribution in [0.15, 0.2) is 42.5 Å². The van der Waals surface area contributed by atoms with E-state index in [4.69, 9.17) is 5.73 Å². The van der Waals surface area contributed by atoms with Gasteiger partial charge in [0.25, 0.3) is 0 Å². The van der Waals surface area contributed by atoms with Crippen molar-refractivity contribution >= 4 is 5.91 Å². The number of carbonyl (C=O) groups excluding carboxylic acids is 1. The van der Waals surface area contributed by atoms with Gasteiger partial charge in [-0.3, -0.25) is 9.69 Å². The summed E-state index contributed by atoms with van der Waals surface area (Å²) in [5.41, 5.74) is 7.87. The first-order valence-corrected chi connectivity index (χ1v) is 7.08. The number of nitrogens with two attached hydrogens (primary N) is 1. The Kier molecular flexibility index (Phi) is 3.90. The van der Waals surface area contributed by atoms with Gasteiger partial charge in [-0.15, -0.1) is 0 Å². The summed E-state index contributed by atoms with van der Waals surface area (Å²) in [6.45, 7) is 0.630. The molecule has 2 N–H and O–H groups in total. The average Bonchev–Trinajstić information content (AvgIpc) is 2.50. The summed E-state index contributed by atoms with van der Waals surface area (Å²) in [6, 6.07) is 10.6. The molecular weight excluding hydrogens is 286 g/mol. The lowest BCUT2D eigenvalue weighted by molar-refractivity contribution is -0.124. The van der Waals surface area contributed by atoms with Gasteiger partial charge in [0.2, 0.25) is 5.91 Å². The number of primary amides is 1. The van der Waals surface area contributed by atoms with Crippen molar-refractivity contribution < 1.29 is 13.6 Å². The van der Waals surface area contributed by atoms with Gasteiger partial charge in [-0.25, -0.2) is 8.78 Å². The summed E-state index contributed by atoms with van der Waals surface area (Å²) < 4.78 is 27.2. The summed E-state index contributed by atoms with van der Waals surface area (Å²) in [7, 11) is 0. The van der Waals surface area contributed by atoms with E-state index in [-0.39, 0.29) is 12.1 Å². The molecule has 0 radical (unpaired) electrons. The van der Waals surface area contributed by atoms with Gasteiger partial charge in [0.15, 0.2) is 0 Å². The van der Waals surface area contributed by atoms with E-state index in [9.17, 15) is 13.6 Å². The van der Waals surface area contributed by atoms with E-state index < -0.39 is 23.6 Å². The minimum Gasteiger partial charge on any atom is -0.368 e. The van der Waals surface area contributed by atoms with Crippen molar-refractivity contribution in [3.63, 3.8) is 0 Å². The van der Waals surface area contributed by atoms with E-state index in [1.807, 2.05) is 24.3 Å². The zero-order valence-electron chi connectivity index (χ0n) is 11.9. The van der Waals surface area contributed by atoms with Crippen molar-refractivity contribution in [1.29, 1.82) is 0 Å². The first kappa shape index (κ1) is 14.7. The van der Waals surface area contributed by atoms with Crippen LogP contribution in [0.4, 0.5) is 8.78 Å². The lowest BCUT2D eigenvalue weighted by Crippen LogP contribution is -2.48. The number of amides is 1. The number of rotatable bonds is 3. The van der Waals surface area contributed by atoms with Crippen molar-refractivity contribution in [2.75, 3.05) is 0 Å². The highest BCUT2D eigenvalue weighted by atomic mass is 19.1. The van der Waals surface area contributed by atoms with Crippen LogP contribution in [0.25, 0.3) is 0 Å². The van der Waals surface area contributed by atoms with Crippen LogP contribution in [0.5, 0.6) is 0 Å². The van der Waals surface area contributed by atoms with Gasteiger partial charge in [0, 0.05) is 18.7 Å². The van der Waals surface area contributed by atoms with E-state index in [0.29, 0.717) is 13.0 Å². The van der Waals surface area contributed by atoms with E-state index in [1.165, 1.54) is 0 Å². The molecule has 5 heteroatoms. The molecule has 0 unspecified atom stereocenters. The first-order valence-electron chi connectivity index (χ1n) is 7.08. The lowest BCUT2D eigenvalue weighted by Gasteiger charge is -2.35. The molecule has 114 valence electrons. The molecule has 1 atom stereocenters. The minimum absolute atomic E-state index is 0.144. The molecule has 1 aliphatic rings. The van der Waals surface area contributed by atoms with Crippen molar-refractivity contribution in [2.45, 2.75) is 25.6 Å². The fourth-order valence-corrected chi connectivity index (χ4v) is 2.91. The van der Waals surface area contributed by atoms with Crippen LogP contribution >= 0.6 is 0 Å². The molecule has 1 heterocycles. The fraction of sp³-hybridized carbons (Fsp3) is 0.235. The smallest absolute Gasteiger partial charge is 0.235 e. The summed E-state index contributed by atoms with van der Waals surface area (Å²) in [4.78, 5) is 13.5. The summed E-state index contributed by atoms with van der Waals surface area (Å²) >= 11 is 0. The van der Waals surface area contributed by atoms with Crippen LogP contribution in [-0.2, 0) is 24.3 Å². The Balaban J connectivity index is 1.91. The summed E-state index contributed by atoms with van der Waals surface area (Å²) in [5, 5.41) is 0. The number of halogens is 2. The zero-order chi connectivity index (χ0) is 15.7. The van der Waals surface area contributed by atoms with Crippen molar-refractivity contribution in [3.05, 3.63) is 70.8 Å². The highest BCUT2D eigenvalue weighted by molar-refractivity contribution is 5.80. The van der Waals surface area contributed by atoms with Crippen LogP contribution in [0, 0.1) is 11.6 Å². The quantitative estimate of drug-likeness (QED) is 0.946. The van der Waals surface area contributed by atoms with Gasteiger partial charge in [-0.05, 0) is 35.7 Å². The van der Waals surface area contributed by atoms with Gasteiger partial charge >= 0.3 is 0 Å². The third kappa shape index (κ3) is 2.85. The minimum atomic E-state index is -0.516. The maximum Gasteiger partial charge on any atom is 0.235 e. The van der Waals surface area contributed by atoms with E-state index in [2.05, 4.69) is 0 Å². The SMILES string of the molecule is NC(=O)[C@@H]1Cc2ccccc2CN1Cc1cc(F)ccc1F. The van der Waals surface area contributed by atoms with E-state index >= 15 is 0 Å². The molecule has 0 fully saturated rings. The van der Waals surface area contributed by atoms with E-state index in [1.54, 1.807) is 4.90 Å². The van der Waals surface area contributed by atoms with Gasteiger partial charge in [-0.1, -0.05) is 24.3 Å². The monoisotopic (exact) mass is 302 g/mol. The Morgan fingerprint density at radius 3 is 2.64 bits per heavy atom. The average molecular weight is 302 g/mol.